The van der Waals surface area contributed by atoms with Gasteiger partial charge in [-0.25, -0.2) is 0 Å². The number of amides is 1. The molecule has 2 rings (SSSR count). The second-order valence-electron chi connectivity index (χ2n) is 6.02. The molecular formula is C14H23NO. The van der Waals surface area contributed by atoms with Gasteiger partial charge in [0.2, 0.25) is 5.91 Å². The minimum Gasteiger partial charge on any atom is -0.353 e. The van der Waals surface area contributed by atoms with Crippen LogP contribution in [-0.4, -0.2) is 12.5 Å². The van der Waals surface area contributed by atoms with Crippen LogP contribution in [0, 0.1) is 16.7 Å². The molecule has 2 fully saturated rings. The molecule has 0 spiro atoms. The summed E-state index contributed by atoms with van der Waals surface area (Å²) >= 11 is 0. The Bertz CT molecular complexity index is 298. The van der Waals surface area contributed by atoms with Crippen LogP contribution in [0.1, 0.15) is 46.0 Å². The van der Waals surface area contributed by atoms with Gasteiger partial charge in [-0.05, 0) is 54.9 Å². The van der Waals surface area contributed by atoms with Gasteiger partial charge < -0.3 is 5.32 Å². The van der Waals surface area contributed by atoms with Crippen molar-refractivity contribution in [3.63, 3.8) is 0 Å². The summed E-state index contributed by atoms with van der Waals surface area (Å²) in [6, 6.07) is 0. The number of hydrogen-bond acceptors (Lipinski definition) is 1. The van der Waals surface area contributed by atoms with Gasteiger partial charge in [-0.3, -0.25) is 4.79 Å². The molecule has 2 aliphatic carbocycles. The second kappa shape index (κ2) is 3.90. The molecule has 0 atom stereocenters. The molecule has 0 aromatic heterocycles. The van der Waals surface area contributed by atoms with E-state index in [1.807, 2.05) is 0 Å². The van der Waals surface area contributed by atoms with Crippen LogP contribution in [0.5, 0.6) is 0 Å². The third-order valence-corrected chi connectivity index (χ3v) is 5.42. The summed E-state index contributed by atoms with van der Waals surface area (Å²) in [6.07, 6.45) is 7.99. The Hall–Kier alpha value is -0.790. The molecule has 1 amide bonds. The Morgan fingerprint density at radius 1 is 1.44 bits per heavy atom. The van der Waals surface area contributed by atoms with Gasteiger partial charge in [-0.15, -0.1) is 0 Å². The molecule has 0 heterocycles. The highest BCUT2D eigenvalue weighted by atomic mass is 16.1. The molecule has 90 valence electrons. The van der Waals surface area contributed by atoms with Gasteiger partial charge in [0.05, 0.1) is 0 Å². The number of nitrogens with one attached hydrogen (secondary N) is 1. The fourth-order valence-electron chi connectivity index (χ4n) is 4.04. The van der Waals surface area contributed by atoms with Gasteiger partial charge in [-0.2, -0.15) is 0 Å². The fraction of sp³-hybridized carbons (Fsp3) is 0.786. The van der Waals surface area contributed by atoms with Crippen LogP contribution in [0.4, 0.5) is 0 Å². The maximum absolute atomic E-state index is 11.1. The Morgan fingerprint density at radius 3 is 2.50 bits per heavy atom. The van der Waals surface area contributed by atoms with E-state index in [2.05, 4.69) is 25.7 Å². The summed E-state index contributed by atoms with van der Waals surface area (Å²) in [7, 11) is 0. The quantitative estimate of drug-likeness (QED) is 0.727. The summed E-state index contributed by atoms with van der Waals surface area (Å²) in [5, 5.41) is 2.92. The van der Waals surface area contributed by atoms with Crippen molar-refractivity contribution in [2.45, 2.75) is 46.0 Å². The predicted octanol–water partition coefficient (Wildman–Crippen LogP) is 2.90. The van der Waals surface area contributed by atoms with Crippen molar-refractivity contribution in [2.24, 2.45) is 16.7 Å². The molecule has 16 heavy (non-hydrogen) atoms. The van der Waals surface area contributed by atoms with E-state index in [1.165, 1.54) is 31.8 Å². The smallest absolute Gasteiger partial charge is 0.243 e. The largest absolute Gasteiger partial charge is 0.353 e. The third-order valence-electron chi connectivity index (χ3n) is 5.42. The number of fused-ring (bicyclic) bond motifs is 2. The van der Waals surface area contributed by atoms with Gasteiger partial charge in [0, 0.05) is 6.54 Å². The standard InChI is InChI=1S/C14H23NO/c1-4-12(16)15-10-9-14-7-5-11(6-8-14)13(14,2)3/h4,11H,1,5-10H2,2-3H3,(H,15,16). The van der Waals surface area contributed by atoms with Crippen LogP contribution in [0.3, 0.4) is 0 Å². The van der Waals surface area contributed by atoms with Crippen LogP contribution >= 0.6 is 0 Å². The highest BCUT2D eigenvalue weighted by molar-refractivity contribution is 5.86. The normalized spacial score (nSPS) is 35.0. The molecule has 2 saturated carbocycles. The SMILES string of the molecule is C=CC(=O)NCCC12CCC(CC1)C2(C)C. The molecule has 2 heteroatoms. The summed E-state index contributed by atoms with van der Waals surface area (Å²) in [4.78, 5) is 11.1. The van der Waals surface area contributed by atoms with E-state index in [4.69, 9.17) is 0 Å². The van der Waals surface area contributed by atoms with Crippen molar-refractivity contribution in [2.75, 3.05) is 6.54 Å². The van der Waals surface area contributed by atoms with Crippen LogP contribution in [-0.2, 0) is 4.79 Å². The highest BCUT2D eigenvalue weighted by Gasteiger charge is 2.57. The predicted molar refractivity (Wildman–Crippen MR) is 66.0 cm³/mol. The van der Waals surface area contributed by atoms with E-state index in [-0.39, 0.29) is 5.91 Å². The molecule has 2 nitrogen and oxygen atoms in total. The van der Waals surface area contributed by atoms with Crippen LogP contribution in [0.25, 0.3) is 0 Å². The lowest BCUT2D eigenvalue weighted by Gasteiger charge is -2.38. The van der Waals surface area contributed by atoms with Crippen molar-refractivity contribution < 1.29 is 4.79 Å². The van der Waals surface area contributed by atoms with Gasteiger partial charge >= 0.3 is 0 Å². The van der Waals surface area contributed by atoms with E-state index in [1.54, 1.807) is 0 Å². The first-order valence-corrected chi connectivity index (χ1v) is 6.42. The Kier molecular flexibility index (Phi) is 2.85. The third kappa shape index (κ3) is 1.59. The van der Waals surface area contributed by atoms with Crippen molar-refractivity contribution in [1.82, 2.24) is 5.32 Å². The van der Waals surface area contributed by atoms with Gasteiger partial charge in [-0.1, -0.05) is 20.4 Å². The maximum atomic E-state index is 11.1. The molecule has 0 aliphatic heterocycles. The lowest BCUT2D eigenvalue weighted by Crippen LogP contribution is -2.34. The average Bonchev–Trinajstić information content (AvgIpc) is 2.65. The van der Waals surface area contributed by atoms with Gasteiger partial charge in [0.15, 0.2) is 0 Å². The van der Waals surface area contributed by atoms with E-state index in [0.717, 1.165) is 18.9 Å². The first-order valence-electron chi connectivity index (χ1n) is 6.42. The molecule has 0 aromatic carbocycles. The molecule has 0 saturated heterocycles. The monoisotopic (exact) mass is 221 g/mol. The van der Waals surface area contributed by atoms with Crippen molar-refractivity contribution in [3.8, 4) is 0 Å². The lowest BCUT2D eigenvalue weighted by atomic mass is 9.67. The van der Waals surface area contributed by atoms with E-state index in [9.17, 15) is 4.79 Å². The number of carbonyl (C=O) groups is 1. The number of carbonyl (C=O) groups excluding carboxylic acids is 1. The molecule has 1 N–H and O–H groups in total. The van der Waals surface area contributed by atoms with E-state index >= 15 is 0 Å². The van der Waals surface area contributed by atoms with Crippen molar-refractivity contribution >= 4 is 5.91 Å². The van der Waals surface area contributed by atoms with Crippen LogP contribution < -0.4 is 5.32 Å². The first-order chi connectivity index (χ1) is 7.52. The van der Waals surface area contributed by atoms with Crippen LogP contribution in [0.2, 0.25) is 0 Å². The van der Waals surface area contributed by atoms with E-state index in [0.29, 0.717) is 10.8 Å². The molecule has 0 aromatic rings. The summed E-state index contributed by atoms with van der Waals surface area (Å²) in [5.41, 5.74) is 0.970. The average molecular weight is 221 g/mol. The summed E-state index contributed by atoms with van der Waals surface area (Å²) < 4.78 is 0. The fourth-order valence-corrected chi connectivity index (χ4v) is 4.04. The minimum atomic E-state index is -0.0400. The van der Waals surface area contributed by atoms with Gasteiger partial charge in [0.25, 0.3) is 0 Å². The summed E-state index contributed by atoms with van der Waals surface area (Å²) in [6.45, 7) is 9.13. The maximum Gasteiger partial charge on any atom is 0.243 e. The zero-order valence-corrected chi connectivity index (χ0v) is 10.5. The Morgan fingerprint density at radius 2 is 2.06 bits per heavy atom. The second-order valence-corrected chi connectivity index (χ2v) is 6.02. The number of hydrogen-bond donors (Lipinski definition) is 1. The Balaban J connectivity index is 1.94. The Labute approximate surface area is 98.5 Å². The molecular weight excluding hydrogens is 198 g/mol. The zero-order chi connectivity index (χ0) is 11.8. The minimum absolute atomic E-state index is 0.0400. The first kappa shape index (κ1) is 11.7. The molecule has 2 bridgehead atoms. The van der Waals surface area contributed by atoms with Crippen molar-refractivity contribution in [1.29, 1.82) is 0 Å². The highest BCUT2D eigenvalue weighted by Crippen LogP contribution is 2.67. The lowest BCUT2D eigenvalue weighted by molar-refractivity contribution is -0.116. The number of rotatable bonds is 4. The molecule has 0 radical (unpaired) electrons. The zero-order valence-electron chi connectivity index (χ0n) is 10.5. The van der Waals surface area contributed by atoms with Crippen LogP contribution in [0.15, 0.2) is 12.7 Å². The molecule has 0 unspecified atom stereocenters. The van der Waals surface area contributed by atoms with Gasteiger partial charge in [0.1, 0.15) is 0 Å². The van der Waals surface area contributed by atoms with Crippen molar-refractivity contribution in [3.05, 3.63) is 12.7 Å². The topological polar surface area (TPSA) is 29.1 Å². The molecule has 2 aliphatic rings. The summed E-state index contributed by atoms with van der Waals surface area (Å²) in [5.74, 6) is 0.879. The van der Waals surface area contributed by atoms with E-state index < -0.39 is 0 Å².